The van der Waals surface area contributed by atoms with E-state index in [1.807, 2.05) is 6.92 Å². The summed E-state index contributed by atoms with van der Waals surface area (Å²) in [6.07, 6.45) is 3.62. The summed E-state index contributed by atoms with van der Waals surface area (Å²) >= 11 is 0. The summed E-state index contributed by atoms with van der Waals surface area (Å²) in [7, 11) is 0. The Bertz CT molecular complexity index is 407. The molecule has 1 heterocycles. The minimum atomic E-state index is -0.385. The lowest BCUT2D eigenvalue weighted by atomic mass is 9.52. The Hall–Kier alpha value is -0.900. The molecule has 7 atom stereocenters. The number of carbonyl (C=O) groups excluding carboxylic acids is 2. The van der Waals surface area contributed by atoms with Gasteiger partial charge in [-0.25, -0.2) is 0 Å². The van der Waals surface area contributed by atoms with Gasteiger partial charge in [0.25, 0.3) is 0 Å². The zero-order chi connectivity index (χ0) is 13.8. The van der Waals surface area contributed by atoms with E-state index in [1.54, 1.807) is 0 Å². The molecule has 2 aliphatic carbocycles. The van der Waals surface area contributed by atoms with Gasteiger partial charge in [-0.2, -0.15) is 0 Å². The fraction of sp³-hybridized carbons (Fsp3) is 0.867. The van der Waals surface area contributed by atoms with Gasteiger partial charge in [-0.05, 0) is 25.7 Å². The van der Waals surface area contributed by atoms with Crippen LogP contribution in [0.15, 0.2) is 0 Å². The summed E-state index contributed by atoms with van der Waals surface area (Å²) in [5.74, 6) is -0.0797. The van der Waals surface area contributed by atoms with E-state index in [0.717, 1.165) is 19.1 Å². The van der Waals surface area contributed by atoms with Gasteiger partial charge in [0.1, 0.15) is 12.4 Å². The summed E-state index contributed by atoms with van der Waals surface area (Å²) < 4.78 is 5.58. The quantitative estimate of drug-likeness (QED) is 0.578. The first kappa shape index (κ1) is 13.1. The van der Waals surface area contributed by atoms with Crippen molar-refractivity contribution in [3.8, 4) is 0 Å². The highest BCUT2D eigenvalue weighted by Gasteiger charge is 2.60. The molecule has 0 aromatic rings. The number of esters is 1. The minimum absolute atomic E-state index is 0.0126. The molecule has 19 heavy (non-hydrogen) atoms. The van der Waals surface area contributed by atoms with Crippen LogP contribution in [0.4, 0.5) is 0 Å². The van der Waals surface area contributed by atoms with E-state index in [4.69, 9.17) is 4.74 Å². The summed E-state index contributed by atoms with van der Waals surface area (Å²) in [5, 5.41) is 10.4. The minimum Gasteiger partial charge on any atom is -0.461 e. The Morgan fingerprint density at radius 3 is 2.79 bits per heavy atom. The average Bonchev–Trinajstić information content (AvgIpc) is 2.67. The number of hydrogen-bond donors (Lipinski definition) is 1. The van der Waals surface area contributed by atoms with E-state index in [9.17, 15) is 14.7 Å². The van der Waals surface area contributed by atoms with Crippen LogP contribution in [0.25, 0.3) is 0 Å². The lowest BCUT2D eigenvalue weighted by Gasteiger charge is -2.54. The maximum atomic E-state index is 11.8. The van der Waals surface area contributed by atoms with Gasteiger partial charge in [-0.15, -0.1) is 0 Å². The van der Waals surface area contributed by atoms with Crippen molar-refractivity contribution in [2.45, 2.75) is 51.7 Å². The molecule has 2 unspecified atom stereocenters. The van der Waals surface area contributed by atoms with Crippen LogP contribution in [0.2, 0.25) is 0 Å². The van der Waals surface area contributed by atoms with Gasteiger partial charge in [0, 0.05) is 23.2 Å². The van der Waals surface area contributed by atoms with Crippen molar-refractivity contribution < 1.29 is 19.4 Å². The molecule has 0 bridgehead atoms. The Balaban J connectivity index is 1.98. The number of aliphatic hydroxyl groups is 1. The van der Waals surface area contributed by atoms with E-state index in [0.29, 0.717) is 12.8 Å². The molecule has 0 amide bonds. The molecular weight excluding hydrogens is 244 g/mol. The number of hydrogen-bond acceptors (Lipinski definition) is 4. The summed E-state index contributed by atoms with van der Waals surface area (Å²) in [5.41, 5.74) is -0.282. The second kappa shape index (κ2) is 4.30. The Kier molecular flexibility index (Phi) is 2.97. The van der Waals surface area contributed by atoms with Gasteiger partial charge in [0.15, 0.2) is 0 Å². The number of ether oxygens (including phenoxy) is 1. The molecule has 4 heteroatoms. The lowest BCUT2D eigenvalue weighted by molar-refractivity contribution is -0.169. The molecule has 4 nitrogen and oxygen atoms in total. The molecule has 106 valence electrons. The normalized spacial score (nSPS) is 53.1. The maximum Gasteiger partial charge on any atom is 0.309 e. The highest BCUT2D eigenvalue weighted by Crippen LogP contribution is 2.57. The predicted molar refractivity (Wildman–Crippen MR) is 68.2 cm³/mol. The Morgan fingerprint density at radius 2 is 2.11 bits per heavy atom. The fourth-order valence-electron chi connectivity index (χ4n) is 4.70. The zero-order valence-corrected chi connectivity index (χ0v) is 11.5. The third-order valence-electron chi connectivity index (χ3n) is 5.99. The fourth-order valence-corrected chi connectivity index (χ4v) is 4.70. The van der Waals surface area contributed by atoms with E-state index in [2.05, 4.69) is 6.92 Å². The number of aliphatic hydroxyl groups excluding tert-OH is 1. The highest BCUT2D eigenvalue weighted by molar-refractivity contribution is 5.75. The van der Waals surface area contributed by atoms with Gasteiger partial charge in [0.2, 0.25) is 0 Å². The van der Waals surface area contributed by atoms with Crippen molar-refractivity contribution >= 4 is 12.3 Å². The molecule has 0 spiro atoms. The monoisotopic (exact) mass is 266 g/mol. The van der Waals surface area contributed by atoms with Crippen molar-refractivity contribution in [1.82, 2.24) is 0 Å². The molecular formula is C15H22O4. The second-order valence-corrected chi connectivity index (χ2v) is 6.82. The lowest BCUT2D eigenvalue weighted by Crippen LogP contribution is -2.56. The van der Waals surface area contributed by atoms with Crippen LogP contribution in [0.3, 0.4) is 0 Å². The predicted octanol–water partition coefficient (Wildman–Crippen LogP) is 1.55. The van der Waals surface area contributed by atoms with Crippen LogP contribution in [-0.4, -0.2) is 29.6 Å². The average molecular weight is 266 g/mol. The highest BCUT2D eigenvalue weighted by atomic mass is 16.6. The van der Waals surface area contributed by atoms with Crippen LogP contribution in [0, 0.1) is 29.1 Å². The molecule has 0 radical (unpaired) electrons. The van der Waals surface area contributed by atoms with Gasteiger partial charge >= 0.3 is 5.97 Å². The topological polar surface area (TPSA) is 63.6 Å². The molecule has 3 fully saturated rings. The number of aldehydes is 1. The van der Waals surface area contributed by atoms with Crippen LogP contribution < -0.4 is 0 Å². The summed E-state index contributed by atoms with van der Waals surface area (Å²) in [4.78, 5) is 23.2. The maximum absolute atomic E-state index is 11.8. The molecule has 3 rings (SSSR count). The van der Waals surface area contributed by atoms with Gasteiger partial charge in [-0.3, -0.25) is 4.79 Å². The number of fused-ring (bicyclic) bond motifs is 3. The number of rotatable bonds is 1. The van der Waals surface area contributed by atoms with Crippen LogP contribution in [0.1, 0.15) is 39.5 Å². The van der Waals surface area contributed by atoms with Crippen molar-refractivity contribution in [2.75, 3.05) is 0 Å². The molecule has 1 N–H and O–H groups in total. The van der Waals surface area contributed by atoms with E-state index in [-0.39, 0.29) is 47.3 Å². The first-order chi connectivity index (χ1) is 8.99. The molecule has 0 aromatic carbocycles. The van der Waals surface area contributed by atoms with E-state index < -0.39 is 0 Å². The third kappa shape index (κ3) is 1.69. The smallest absolute Gasteiger partial charge is 0.309 e. The van der Waals surface area contributed by atoms with E-state index in [1.165, 1.54) is 0 Å². The third-order valence-corrected chi connectivity index (χ3v) is 5.99. The van der Waals surface area contributed by atoms with Crippen molar-refractivity contribution in [3.05, 3.63) is 0 Å². The SMILES string of the molecule is CC1C(=O)O[C@H]2C1CC[C@]1(C)[C@@H]2[C@H](C=O)CC[C@H]1O. The van der Waals surface area contributed by atoms with Gasteiger partial charge in [-0.1, -0.05) is 13.8 Å². The Labute approximate surface area is 113 Å². The van der Waals surface area contributed by atoms with Crippen LogP contribution in [0.5, 0.6) is 0 Å². The molecule has 1 aliphatic heterocycles. The standard InChI is InChI=1S/C15H22O4/c1-8-10-5-6-15(2)11(17)4-3-9(7-16)12(15)13(10)19-14(8)18/h7-13,17H,3-6H2,1-2H3/t8?,9-,10?,11+,12+,13-,15-/m0/s1. The van der Waals surface area contributed by atoms with Crippen LogP contribution in [-0.2, 0) is 14.3 Å². The molecule has 2 saturated carbocycles. The largest absolute Gasteiger partial charge is 0.461 e. The molecule has 0 aromatic heterocycles. The first-order valence-electron chi connectivity index (χ1n) is 7.33. The molecule has 3 aliphatic rings. The zero-order valence-electron chi connectivity index (χ0n) is 11.5. The van der Waals surface area contributed by atoms with Crippen molar-refractivity contribution in [1.29, 1.82) is 0 Å². The van der Waals surface area contributed by atoms with Crippen molar-refractivity contribution in [2.24, 2.45) is 29.1 Å². The van der Waals surface area contributed by atoms with Gasteiger partial charge < -0.3 is 14.6 Å². The van der Waals surface area contributed by atoms with Crippen molar-refractivity contribution in [3.63, 3.8) is 0 Å². The summed E-state index contributed by atoms with van der Waals surface area (Å²) in [6, 6.07) is 0. The second-order valence-electron chi connectivity index (χ2n) is 6.82. The van der Waals surface area contributed by atoms with Crippen LogP contribution >= 0.6 is 0 Å². The van der Waals surface area contributed by atoms with Gasteiger partial charge in [0.05, 0.1) is 12.0 Å². The first-order valence-corrected chi connectivity index (χ1v) is 7.33. The summed E-state index contributed by atoms with van der Waals surface area (Å²) in [6.45, 7) is 3.98. The van der Waals surface area contributed by atoms with E-state index >= 15 is 0 Å². The Morgan fingerprint density at radius 1 is 1.37 bits per heavy atom. The molecule has 1 saturated heterocycles. The number of carbonyl (C=O) groups is 2.